The number of thioether (sulfide) groups is 1. The fraction of sp³-hybridized carbons (Fsp3) is 0.231. The molecule has 3 aromatic rings. The Hall–Kier alpha value is -2.47. The van der Waals surface area contributed by atoms with Crippen molar-refractivity contribution in [2.24, 2.45) is 0 Å². The van der Waals surface area contributed by atoms with Crippen molar-refractivity contribution >= 4 is 46.8 Å². The second-order valence-electron chi connectivity index (χ2n) is 7.57. The zero-order chi connectivity index (χ0) is 23.6. The summed E-state index contributed by atoms with van der Waals surface area (Å²) in [7, 11) is 1.59. The number of hydrogen-bond acceptors (Lipinski definition) is 3. The van der Waals surface area contributed by atoms with Crippen molar-refractivity contribution in [2.45, 2.75) is 24.8 Å². The van der Waals surface area contributed by atoms with E-state index in [9.17, 15) is 9.59 Å². The summed E-state index contributed by atoms with van der Waals surface area (Å²) in [5.74, 6) is 0.668. The third-order valence-corrected chi connectivity index (χ3v) is 6.92. The maximum Gasteiger partial charge on any atom is 0.242 e. The van der Waals surface area contributed by atoms with Gasteiger partial charge in [-0.1, -0.05) is 89.9 Å². The SMILES string of the molecule is CNC(=O)[C@@H](Cc1ccccc1)N(Cc1ccc(Cl)c(Cl)c1)C(=O)CSCc1ccccc1. The van der Waals surface area contributed by atoms with Crippen LogP contribution in [0.25, 0.3) is 0 Å². The van der Waals surface area contributed by atoms with E-state index in [1.807, 2.05) is 66.7 Å². The minimum atomic E-state index is -0.656. The third-order valence-electron chi connectivity index (χ3n) is 5.19. The van der Waals surface area contributed by atoms with Crippen LogP contribution in [0.15, 0.2) is 78.9 Å². The average molecular weight is 501 g/mol. The second kappa shape index (κ2) is 12.7. The van der Waals surface area contributed by atoms with E-state index < -0.39 is 6.04 Å². The number of nitrogens with zero attached hydrogens (tertiary/aromatic N) is 1. The molecule has 0 radical (unpaired) electrons. The van der Waals surface area contributed by atoms with Gasteiger partial charge in [-0.25, -0.2) is 0 Å². The number of rotatable bonds is 10. The van der Waals surface area contributed by atoms with Crippen molar-refractivity contribution in [2.75, 3.05) is 12.8 Å². The zero-order valence-electron chi connectivity index (χ0n) is 18.3. The first-order valence-corrected chi connectivity index (χ1v) is 12.5. The van der Waals surface area contributed by atoms with Crippen LogP contribution >= 0.6 is 35.0 Å². The van der Waals surface area contributed by atoms with Crippen LogP contribution in [-0.2, 0) is 28.3 Å². The molecular weight excluding hydrogens is 475 g/mol. The van der Waals surface area contributed by atoms with Gasteiger partial charge >= 0.3 is 0 Å². The van der Waals surface area contributed by atoms with E-state index in [-0.39, 0.29) is 24.1 Å². The van der Waals surface area contributed by atoms with Gasteiger partial charge in [-0.2, -0.15) is 0 Å². The van der Waals surface area contributed by atoms with Crippen molar-refractivity contribution in [1.82, 2.24) is 10.2 Å². The Labute approximate surface area is 209 Å². The van der Waals surface area contributed by atoms with Gasteiger partial charge in [-0.05, 0) is 28.8 Å². The maximum absolute atomic E-state index is 13.4. The van der Waals surface area contributed by atoms with Crippen molar-refractivity contribution in [3.63, 3.8) is 0 Å². The molecule has 0 aliphatic heterocycles. The van der Waals surface area contributed by atoms with E-state index in [1.165, 1.54) is 11.8 Å². The van der Waals surface area contributed by atoms with Crippen LogP contribution in [0, 0.1) is 0 Å². The third kappa shape index (κ3) is 7.53. The Bertz CT molecular complexity index is 1060. The molecule has 0 aliphatic rings. The molecule has 0 aromatic heterocycles. The summed E-state index contributed by atoms with van der Waals surface area (Å²) in [6.07, 6.45) is 0.414. The first-order chi connectivity index (χ1) is 16.0. The summed E-state index contributed by atoms with van der Waals surface area (Å²) >= 11 is 13.8. The van der Waals surface area contributed by atoms with Crippen LogP contribution in [0.2, 0.25) is 10.0 Å². The largest absolute Gasteiger partial charge is 0.357 e. The Balaban J connectivity index is 1.83. The highest BCUT2D eigenvalue weighted by Gasteiger charge is 2.29. The van der Waals surface area contributed by atoms with E-state index in [0.29, 0.717) is 16.5 Å². The number of amides is 2. The molecule has 33 heavy (non-hydrogen) atoms. The molecule has 3 aromatic carbocycles. The molecule has 3 rings (SSSR count). The summed E-state index contributed by atoms with van der Waals surface area (Å²) in [6.45, 7) is 0.256. The summed E-state index contributed by atoms with van der Waals surface area (Å²) in [6, 6.07) is 24.3. The highest BCUT2D eigenvalue weighted by molar-refractivity contribution is 7.99. The highest BCUT2D eigenvalue weighted by atomic mass is 35.5. The lowest BCUT2D eigenvalue weighted by Gasteiger charge is -2.31. The summed E-state index contributed by atoms with van der Waals surface area (Å²) in [5, 5.41) is 3.59. The number of carbonyl (C=O) groups is 2. The van der Waals surface area contributed by atoms with Crippen molar-refractivity contribution in [1.29, 1.82) is 0 Å². The summed E-state index contributed by atoms with van der Waals surface area (Å²) in [4.78, 5) is 28.0. The van der Waals surface area contributed by atoms with E-state index in [0.717, 1.165) is 22.4 Å². The molecule has 4 nitrogen and oxygen atoms in total. The molecule has 0 saturated heterocycles. The predicted molar refractivity (Wildman–Crippen MR) is 138 cm³/mol. The standard InChI is InChI=1S/C26H26Cl2N2O2S/c1-29-26(32)24(15-19-8-4-2-5-9-19)30(16-21-12-13-22(27)23(28)14-21)25(31)18-33-17-20-10-6-3-7-11-20/h2-14,24H,15-18H2,1H3,(H,29,32)/t24-/m1/s1. The van der Waals surface area contributed by atoms with Crippen LogP contribution < -0.4 is 5.32 Å². The normalized spacial score (nSPS) is 11.6. The van der Waals surface area contributed by atoms with E-state index in [2.05, 4.69) is 5.32 Å². The van der Waals surface area contributed by atoms with Crippen molar-refractivity contribution < 1.29 is 9.59 Å². The zero-order valence-corrected chi connectivity index (χ0v) is 20.7. The average Bonchev–Trinajstić information content (AvgIpc) is 2.84. The van der Waals surface area contributed by atoms with Gasteiger partial charge in [0.2, 0.25) is 11.8 Å². The first kappa shape index (κ1) is 25.2. The molecule has 0 unspecified atom stereocenters. The van der Waals surface area contributed by atoms with Crippen LogP contribution in [0.4, 0.5) is 0 Å². The molecule has 1 N–H and O–H groups in total. The molecule has 2 amide bonds. The molecule has 0 aliphatic carbocycles. The van der Waals surface area contributed by atoms with Crippen LogP contribution in [0.5, 0.6) is 0 Å². The van der Waals surface area contributed by atoms with Crippen molar-refractivity contribution in [3.05, 3.63) is 106 Å². The Morgan fingerprint density at radius 2 is 1.52 bits per heavy atom. The molecular formula is C26H26Cl2N2O2S. The number of likely N-dealkylation sites (N-methyl/N-ethyl adjacent to an activating group) is 1. The molecule has 0 saturated carbocycles. The molecule has 0 heterocycles. The second-order valence-corrected chi connectivity index (χ2v) is 9.37. The quantitative estimate of drug-likeness (QED) is 0.393. The lowest BCUT2D eigenvalue weighted by Crippen LogP contribution is -2.50. The lowest BCUT2D eigenvalue weighted by atomic mass is 10.0. The molecule has 172 valence electrons. The molecule has 0 bridgehead atoms. The van der Waals surface area contributed by atoms with Gasteiger partial charge in [0.15, 0.2) is 0 Å². The highest BCUT2D eigenvalue weighted by Crippen LogP contribution is 2.25. The Morgan fingerprint density at radius 1 is 0.879 bits per heavy atom. The lowest BCUT2D eigenvalue weighted by molar-refractivity contribution is -0.139. The van der Waals surface area contributed by atoms with E-state index in [1.54, 1.807) is 24.1 Å². The summed E-state index contributed by atoms with van der Waals surface area (Å²) < 4.78 is 0. The topological polar surface area (TPSA) is 49.4 Å². The fourth-order valence-electron chi connectivity index (χ4n) is 3.47. The first-order valence-electron chi connectivity index (χ1n) is 10.6. The monoisotopic (exact) mass is 500 g/mol. The number of hydrogen-bond donors (Lipinski definition) is 1. The van der Waals surface area contributed by atoms with Gasteiger partial charge < -0.3 is 10.2 Å². The van der Waals surface area contributed by atoms with Crippen LogP contribution in [0.1, 0.15) is 16.7 Å². The predicted octanol–water partition coefficient (Wildman–Crippen LogP) is 5.61. The van der Waals surface area contributed by atoms with Gasteiger partial charge in [0.1, 0.15) is 6.04 Å². The maximum atomic E-state index is 13.4. The molecule has 0 fully saturated rings. The Kier molecular flexibility index (Phi) is 9.67. The van der Waals surface area contributed by atoms with Gasteiger partial charge in [-0.3, -0.25) is 9.59 Å². The van der Waals surface area contributed by atoms with Gasteiger partial charge in [0.05, 0.1) is 15.8 Å². The van der Waals surface area contributed by atoms with Gasteiger partial charge in [0.25, 0.3) is 0 Å². The van der Waals surface area contributed by atoms with E-state index >= 15 is 0 Å². The van der Waals surface area contributed by atoms with Gasteiger partial charge in [0, 0.05) is 25.8 Å². The van der Waals surface area contributed by atoms with E-state index in [4.69, 9.17) is 23.2 Å². The van der Waals surface area contributed by atoms with Crippen LogP contribution in [-0.4, -0.2) is 35.6 Å². The number of halogens is 2. The Morgan fingerprint density at radius 3 is 2.12 bits per heavy atom. The number of carbonyl (C=O) groups excluding carboxylic acids is 2. The van der Waals surface area contributed by atoms with Gasteiger partial charge in [-0.15, -0.1) is 11.8 Å². The molecule has 7 heteroatoms. The number of benzene rings is 3. The molecule has 0 spiro atoms. The smallest absolute Gasteiger partial charge is 0.242 e. The minimum Gasteiger partial charge on any atom is -0.357 e. The minimum absolute atomic E-state index is 0.105. The van der Waals surface area contributed by atoms with Crippen LogP contribution in [0.3, 0.4) is 0 Å². The van der Waals surface area contributed by atoms with Crippen molar-refractivity contribution in [3.8, 4) is 0 Å². The number of nitrogens with one attached hydrogen (secondary N) is 1. The fourth-order valence-corrected chi connectivity index (χ4v) is 4.66. The molecule has 1 atom stereocenters. The summed E-state index contributed by atoms with van der Waals surface area (Å²) in [5.41, 5.74) is 2.95.